The number of nitrogens with zero attached hydrogens (tertiary/aromatic N) is 2. The van der Waals surface area contributed by atoms with Crippen LogP contribution in [0, 0.1) is 27.7 Å². The molecule has 4 nitrogen and oxygen atoms in total. The lowest BCUT2D eigenvalue weighted by Crippen LogP contribution is -2.28. The molecule has 1 fully saturated rings. The number of amides is 1. The summed E-state index contributed by atoms with van der Waals surface area (Å²) in [4.78, 5) is 20.5. The van der Waals surface area contributed by atoms with Crippen LogP contribution in [0.4, 0.5) is 11.4 Å². The summed E-state index contributed by atoms with van der Waals surface area (Å²) in [6.07, 6.45) is 1.80. The normalized spacial score (nSPS) is 16.5. The molecule has 0 spiro atoms. The summed E-state index contributed by atoms with van der Waals surface area (Å²) < 4.78 is 0. The standard InChI is InChI=1S/C26H24N2O2S/c1-16-8-10-21(12-18(16)3)27-26-28(22-11-9-17(2)19(4)13-22)25(30)24(31-26)15-20-6-5-7-23(29)14-20/h5-15,29H,1-4H3/b24-15-,27-26?. The lowest BCUT2D eigenvalue weighted by atomic mass is 10.1. The Hall–Kier alpha value is -3.31. The molecule has 31 heavy (non-hydrogen) atoms. The maximum atomic E-state index is 13.4. The van der Waals surface area contributed by atoms with Crippen molar-refractivity contribution in [1.82, 2.24) is 0 Å². The molecule has 1 heterocycles. The number of benzene rings is 3. The molecule has 5 heteroatoms. The van der Waals surface area contributed by atoms with Crippen LogP contribution in [-0.4, -0.2) is 16.2 Å². The Balaban J connectivity index is 1.81. The van der Waals surface area contributed by atoms with E-state index in [2.05, 4.69) is 20.8 Å². The van der Waals surface area contributed by atoms with E-state index in [0.29, 0.717) is 10.1 Å². The summed E-state index contributed by atoms with van der Waals surface area (Å²) in [6.45, 7) is 8.21. The summed E-state index contributed by atoms with van der Waals surface area (Å²) in [5.41, 5.74) is 7.02. The first kappa shape index (κ1) is 20.9. The maximum Gasteiger partial charge on any atom is 0.271 e. The van der Waals surface area contributed by atoms with Gasteiger partial charge in [-0.15, -0.1) is 0 Å². The van der Waals surface area contributed by atoms with E-state index in [1.54, 1.807) is 29.2 Å². The van der Waals surface area contributed by atoms with Gasteiger partial charge in [0.2, 0.25) is 0 Å². The highest BCUT2D eigenvalue weighted by atomic mass is 32.2. The van der Waals surface area contributed by atoms with Crippen LogP contribution in [0.15, 0.2) is 70.6 Å². The second kappa shape index (κ2) is 8.44. The van der Waals surface area contributed by atoms with Crippen LogP contribution in [-0.2, 0) is 4.79 Å². The molecule has 1 aliphatic rings. The van der Waals surface area contributed by atoms with Crippen LogP contribution in [0.2, 0.25) is 0 Å². The van der Waals surface area contributed by atoms with Gasteiger partial charge in [0.05, 0.1) is 16.3 Å². The molecule has 3 aromatic carbocycles. The molecule has 3 aromatic rings. The molecule has 0 radical (unpaired) electrons. The van der Waals surface area contributed by atoms with Crippen molar-refractivity contribution >= 4 is 40.3 Å². The second-order valence-electron chi connectivity index (χ2n) is 7.78. The van der Waals surface area contributed by atoms with E-state index in [4.69, 9.17) is 4.99 Å². The Morgan fingerprint density at radius 2 is 1.58 bits per heavy atom. The number of aliphatic imine (C=N–C) groups is 1. The van der Waals surface area contributed by atoms with Gasteiger partial charge in [-0.05, 0) is 110 Å². The second-order valence-corrected chi connectivity index (χ2v) is 8.79. The minimum atomic E-state index is -0.126. The number of phenolic OH excluding ortho intramolecular Hbond substituents is 1. The Morgan fingerprint density at radius 3 is 2.26 bits per heavy atom. The third-order valence-electron chi connectivity index (χ3n) is 5.44. The van der Waals surface area contributed by atoms with Crippen molar-refractivity contribution in [1.29, 1.82) is 0 Å². The van der Waals surface area contributed by atoms with E-state index in [1.165, 1.54) is 22.9 Å². The zero-order valence-corrected chi connectivity index (χ0v) is 18.8. The van der Waals surface area contributed by atoms with Gasteiger partial charge < -0.3 is 5.11 Å². The summed E-state index contributed by atoms with van der Waals surface area (Å²) >= 11 is 1.34. The number of anilines is 1. The van der Waals surface area contributed by atoms with Gasteiger partial charge >= 0.3 is 0 Å². The van der Waals surface area contributed by atoms with Gasteiger partial charge in [0.1, 0.15) is 5.75 Å². The van der Waals surface area contributed by atoms with E-state index < -0.39 is 0 Å². The van der Waals surface area contributed by atoms with Crippen molar-refractivity contribution in [2.24, 2.45) is 4.99 Å². The van der Waals surface area contributed by atoms with Gasteiger partial charge in [0.25, 0.3) is 5.91 Å². The highest BCUT2D eigenvalue weighted by Crippen LogP contribution is 2.38. The average Bonchev–Trinajstić information content (AvgIpc) is 3.02. The van der Waals surface area contributed by atoms with E-state index >= 15 is 0 Å². The number of carbonyl (C=O) groups excluding carboxylic acids is 1. The first-order valence-electron chi connectivity index (χ1n) is 10.1. The predicted molar refractivity (Wildman–Crippen MR) is 130 cm³/mol. The van der Waals surface area contributed by atoms with Crippen molar-refractivity contribution in [3.63, 3.8) is 0 Å². The van der Waals surface area contributed by atoms with Gasteiger partial charge in [-0.2, -0.15) is 0 Å². The smallest absolute Gasteiger partial charge is 0.271 e. The average molecular weight is 429 g/mol. The lowest BCUT2D eigenvalue weighted by molar-refractivity contribution is -0.113. The first-order chi connectivity index (χ1) is 14.8. The Labute approximate surface area is 187 Å². The van der Waals surface area contributed by atoms with Crippen LogP contribution in [0.3, 0.4) is 0 Å². The number of thioether (sulfide) groups is 1. The fourth-order valence-electron chi connectivity index (χ4n) is 3.31. The van der Waals surface area contributed by atoms with Crippen LogP contribution in [0.5, 0.6) is 5.75 Å². The van der Waals surface area contributed by atoms with Gasteiger partial charge in [0, 0.05) is 0 Å². The monoisotopic (exact) mass is 428 g/mol. The highest BCUT2D eigenvalue weighted by Gasteiger charge is 2.35. The van der Waals surface area contributed by atoms with Crippen molar-refractivity contribution < 1.29 is 9.90 Å². The van der Waals surface area contributed by atoms with Crippen LogP contribution < -0.4 is 4.90 Å². The van der Waals surface area contributed by atoms with Gasteiger partial charge in [-0.25, -0.2) is 4.99 Å². The molecule has 0 unspecified atom stereocenters. The molecule has 0 bridgehead atoms. The molecule has 1 N–H and O–H groups in total. The summed E-state index contributed by atoms with van der Waals surface area (Å²) in [5, 5.41) is 10.4. The molecular weight excluding hydrogens is 404 g/mol. The summed E-state index contributed by atoms with van der Waals surface area (Å²) in [6, 6.07) is 18.9. The number of aryl methyl sites for hydroxylation is 4. The number of phenols is 1. The third kappa shape index (κ3) is 4.42. The van der Waals surface area contributed by atoms with Gasteiger partial charge in [-0.3, -0.25) is 9.69 Å². The maximum absolute atomic E-state index is 13.4. The quantitative estimate of drug-likeness (QED) is 0.489. The van der Waals surface area contributed by atoms with E-state index in [-0.39, 0.29) is 11.7 Å². The SMILES string of the molecule is Cc1ccc(N=C2S/C(=C\c3cccc(O)c3)C(=O)N2c2ccc(C)c(C)c2)cc1C. The molecular formula is C26H24N2O2S. The Kier molecular flexibility index (Phi) is 5.70. The number of amidine groups is 1. The Bertz CT molecular complexity index is 1240. The molecule has 156 valence electrons. The number of aromatic hydroxyl groups is 1. The van der Waals surface area contributed by atoms with Crippen LogP contribution >= 0.6 is 11.8 Å². The molecule has 4 rings (SSSR count). The van der Waals surface area contributed by atoms with E-state index in [0.717, 1.165) is 28.1 Å². The number of carbonyl (C=O) groups is 1. The minimum Gasteiger partial charge on any atom is -0.508 e. The van der Waals surface area contributed by atoms with Crippen molar-refractivity contribution in [3.8, 4) is 5.75 Å². The van der Waals surface area contributed by atoms with Crippen molar-refractivity contribution in [3.05, 3.63) is 93.4 Å². The van der Waals surface area contributed by atoms with E-state index in [9.17, 15) is 9.90 Å². The first-order valence-corrected chi connectivity index (χ1v) is 10.9. The van der Waals surface area contributed by atoms with Crippen LogP contribution in [0.25, 0.3) is 6.08 Å². The van der Waals surface area contributed by atoms with Crippen molar-refractivity contribution in [2.75, 3.05) is 4.90 Å². The van der Waals surface area contributed by atoms with Gasteiger partial charge in [0.15, 0.2) is 5.17 Å². The fraction of sp³-hybridized carbons (Fsp3) is 0.154. The highest BCUT2D eigenvalue weighted by molar-refractivity contribution is 8.19. The molecule has 1 aliphatic heterocycles. The van der Waals surface area contributed by atoms with Crippen molar-refractivity contribution in [2.45, 2.75) is 27.7 Å². The zero-order valence-electron chi connectivity index (χ0n) is 18.0. The summed E-state index contributed by atoms with van der Waals surface area (Å²) in [7, 11) is 0. The predicted octanol–water partition coefficient (Wildman–Crippen LogP) is 6.43. The van der Waals surface area contributed by atoms with Crippen LogP contribution in [0.1, 0.15) is 27.8 Å². The third-order valence-corrected chi connectivity index (χ3v) is 6.41. The minimum absolute atomic E-state index is 0.126. The van der Waals surface area contributed by atoms with Gasteiger partial charge in [-0.1, -0.05) is 24.3 Å². The molecule has 0 atom stereocenters. The number of hydrogen-bond donors (Lipinski definition) is 1. The molecule has 1 saturated heterocycles. The lowest BCUT2D eigenvalue weighted by Gasteiger charge is -2.17. The number of hydrogen-bond acceptors (Lipinski definition) is 4. The Morgan fingerprint density at radius 1 is 0.871 bits per heavy atom. The fourth-order valence-corrected chi connectivity index (χ4v) is 4.31. The summed E-state index contributed by atoms with van der Waals surface area (Å²) in [5.74, 6) is 0.0408. The largest absolute Gasteiger partial charge is 0.508 e. The molecule has 1 amide bonds. The topological polar surface area (TPSA) is 52.9 Å². The molecule has 0 saturated carbocycles. The molecule has 0 aliphatic carbocycles. The number of rotatable bonds is 3. The zero-order chi connectivity index (χ0) is 22.1. The molecule has 0 aromatic heterocycles. The van der Waals surface area contributed by atoms with E-state index in [1.807, 2.05) is 49.4 Å².